The van der Waals surface area contributed by atoms with Crippen molar-refractivity contribution in [1.82, 2.24) is 4.90 Å². The molecule has 5 heteroatoms. The molecule has 20 heavy (non-hydrogen) atoms. The second kappa shape index (κ2) is 6.70. The van der Waals surface area contributed by atoms with Crippen molar-refractivity contribution in [1.29, 1.82) is 0 Å². The Morgan fingerprint density at radius 1 is 1.45 bits per heavy atom. The van der Waals surface area contributed by atoms with Gasteiger partial charge >= 0.3 is 0 Å². The summed E-state index contributed by atoms with van der Waals surface area (Å²) >= 11 is 0. The van der Waals surface area contributed by atoms with Crippen LogP contribution in [0.3, 0.4) is 0 Å². The minimum absolute atomic E-state index is 0.0702. The van der Waals surface area contributed by atoms with Gasteiger partial charge in [-0.2, -0.15) is 0 Å². The molecule has 0 radical (unpaired) electrons. The molecule has 1 aliphatic rings. The smallest absolute Gasteiger partial charge is 0.170 e. The van der Waals surface area contributed by atoms with Crippen LogP contribution in [0.5, 0.6) is 0 Å². The Morgan fingerprint density at radius 2 is 2.15 bits per heavy atom. The molecule has 0 bridgehead atoms. The van der Waals surface area contributed by atoms with E-state index in [4.69, 9.17) is 10.9 Å². The lowest BCUT2D eigenvalue weighted by molar-refractivity contribution is 0.173. The summed E-state index contributed by atoms with van der Waals surface area (Å²) in [7, 11) is 0. The van der Waals surface area contributed by atoms with Gasteiger partial charge in [0.05, 0.1) is 0 Å². The number of benzene rings is 1. The largest absolute Gasteiger partial charge is 0.409 e. The highest BCUT2D eigenvalue weighted by molar-refractivity contribution is 5.97. The average molecular weight is 279 g/mol. The number of hydrogen-bond acceptors (Lipinski definition) is 3. The van der Waals surface area contributed by atoms with E-state index < -0.39 is 0 Å². The Labute approximate surface area is 119 Å². The Bertz CT molecular complexity index is 482. The number of amidine groups is 1. The molecule has 0 spiro atoms. The predicted octanol–water partition coefficient (Wildman–Crippen LogP) is 2.54. The molecule has 110 valence electrons. The maximum absolute atomic E-state index is 14.0. The molecule has 0 aromatic heterocycles. The zero-order chi connectivity index (χ0) is 14.5. The SMILES string of the molecule is CCC1CCN(Cc2ccc(C(N)=NO)cc2F)CC1. The fraction of sp³-hybridized carbons (Fsp3) is 0.533. The summed E-state index contributed by atoms with van der Waals surface area (Å²) in [5, 5.41) is 11.5. The fourth-order valence-electron chi connectivity index (χ4n) is 2.69. The van der Waals surface area contributed by atoms with E-state index in [2.05, 4.69) is 17.0 Å². The van der Waals surface area contributed by atoms with E-state index in [1.807, 2.05) is 0 Å². The summed E-state index contributed by atoms with van der Waals surface area (Å²) in [4.78, 5) is 2.29. The lowest BCUT2D eigenvalue weighted by Crippen LogP contribution is -2.33. The van der Waals surface area contributed by atoms with Gasteiger partial charge in [0.2, 0.25) is 0 Å². The number of piperidine rings is 1. The quantitative estimate of drug-likeness (QED) is 0.385. The minimum atomic E-state index is -0.299. The monoisotopic (exact) mass is 279 g/mol. The van der Waals surface area contributed by atoms with E-state index in [1.165, 1.54) is 25.3 Å². The number of halogens is 1. The summed E-state index contributed by atoms with van der Waals surface area (Å²) in [6.45, 7) is 4.91. The number of likely N-dealkylation sites (tertiary alicyclic amines) is 1. The Morgan fingerprint density at radius 3 is 2.70 bits per heavy atom. The molecule has 0 atom stereocenters. The van der Waals surface area contributed by atoms with Crippen LogP contribution in [-0.4, -0.2) is 29.0 Å². The van der Waals surface area contributed by atoms with Gasteiger partial charge in [0.1, 0.15) is 5.82 Å². The van der Waals surface area contributed by atoms with E-state index in [1.54, 1.807) is 12.1 Å². The van der Waals surface area contributed by atoms with E-state index in [9.17, 15) is 4.39 Å². The van der Waals surface area contributed by atoms with Crippen molar-refractivity contribution in [3.63, 3.8) is 0 Å². The molecule has 4 nitrogen and oxygen atoms in total. The molecule has 1 aliphatic heterocycles. The van der Waals surface area contributed by atoms with Crippen LogP contribution in [0.2, 0.25) is 0 Å². The molecule has 0 saturated carbocycles. The van der Waals surface area contributed by atoms with Crippen LogP contribution in [0, 0.1) is 11.7 Å². The van der Waals surface area contributed by atoms with Gasteiger partial charge < -0.3 is 10.9 Å². The zero-order valence-corrected chi connectivity index (χ0v) is 11.8. The molecule has 2 rings (SSSR count). The van der Waals surface area contributed by atoms with Crippen LogP contribution >= 0.6 is 0 Å². The van der Waals surface area contributed by atoms with Crippen LogP contribution < -0.4 is 5.73 Å². The van der Waals surface area contributed by atoms with Crippen LogP contribution in [0.25, 0.3) is 0 Å². The first kappa shape index (κ1) is 14.8. The van der Waals surface area contributed by atoms with Gasteiger partial charge in [0, 0.05) is 17.7 Å². The highest BCUT2D eigenvalue weighted by Crippen LogP contribution is 2.22. The topological polar surface area (TPSA) is 61.8 Å². The van der Waals surface area contributed by atoms with Crippen molar-refractivity contribution < 1.29 is 9.60 Å². The predicted molar refractivity (Wildman–Crippen MR) is 77.2 cm³/mol. The van der Waals surface area contributed by atoms with E-state index >= 15 is 0 Å². The third-order valence-electron chi connectivity index (χ3n) is 4.14. The molecular formula is C15H22FN3O. The zero-order valence-electron chi connectivity index (χ0n) is 11.8. The standard InChI is InChI=1S/C15H22FN3O/c1-2-11-5-7-19(8-6-11)10-13-4-3-12(9-14(13)16)15(17)18-20/h3-4,9,11,20H,2,5-8,10H2,1H3,(H2,17,18). The van der Waals surface area contributed by atoms with Gasteiger partial charge in [-0.1, -0.05) is 30.6 Å². The van der Waals surface area contributed by atoms with E-state index in [0.29, 0.717) is 17.7 Å². The van der Waals surface area contributed by atoms with Gasteiger partial charge in [0.15, 0.2) is 5.84 Å². The molecule has 1 fully saturated rings. The van der Waals surface area contributed by atoms with E-state index in [0.717, 1.165) is 19.0 Å². The Kier molecular flexibility index (Phi) is 4.95. The van der Waals surface area contributed by atoms with Gasteiger partial charge in [-0.25, -0.2) is 4.39 Å². The number of hydrogen-bond donors (Lipinski definition) is 2. The van der Waals surface area contributed by atoms with Crippen molar-refractivity contribution in [3.05, 3.63) is 35.1 Å². The summed E-state index contributed by atoms with van der Waals surface area (Å²) in [6.07, 6.45) is 3.62. The third kappa shape index (κ3) is 3.48. The molecule has 3 N–H and O–H groups in total. The van der Waals surface area contributed by atoms with Crippen molar-refractivity contribution >= 4 is 5.84 Å². The summed E-state index contributed by atoms with van der Waals surface area (Å²) < 4.78 is 14.0. The molecule has 0 aliphatic carbocycles. The van der Waals surface area contributed by atoms with Gasteiger partial charge in [0.25, 0.3) is 0 Å². The van der Waals surface area contributed by atoms with Gasteiger partial charge in [-0.3, -0.25) is 4.90 Å². The lowest BCUT2D eigenvalue weighted by atomic mass is 9.94. The molecule has 1 aromatic rings. The van der Waals surface area contributed by atoms with Crippen molar-refractivity contribution in [2.75, 3.05) is 13.1 Å². The molecule has 0 unspecified atom stereocenters. The second-order valence-corrected chi connectivity index (χ2v) is 5.42. The second-order valence-electron chi connectivity index (χ2n) is 5.42. The Balaban J connectivity index is 2.00. The highest BCUT2D eigenvalue weighted by Gasteiger charge is 2.18. The Hall–Kier alpha value is -1.62. The van der Waals surface area contributed by atoms with Crippen molar-refractivity contribution in [2.24, 2.45) is 16.8 Å². The number of nitrogens with zero attached hydrogens (tertiary/aromatic N) is 2. The number of nitrogens with two attached hydrogens (primary N) is 1. The van der Waals surface area contributed by atoms with Crippen molar-refractivity contribution in [2.45, 2.75) is 32.7 Å². The third-order valence-corrected chi connectivity index (χ3v) is 4.14. The first-order valence-electron chi connectivity index (χ1n) is 7.12. The normalized spacial score (nSPS) is 18.4. The highest BCUT2D eigenvalue weighted by atomic mass is 19.1. The fourth-order valence-corrected chi connectivity index (χ4v) is 2.69. The molecule has 1 saturated heterocycles. The summed E-state index contributed by atoms with van der Waals surface area (Å²) in [6, 6.07) is 4.73. The van der Waals surface area contributed by atoms with Gasteiger partial charge in [-0.05, 0) is 37.9 Å². The van der Waals surface area contributed by atoms with E-state index in [-0.39, 0.29) is 11.7 Å². The van der Waals surface area contributed by atoms with Crippen LogP contribution in [0.4, 0.5) is 4.39 Å². The maximum atomic E-state index is 14.0. The summed E-state index contributed by atoms with van der Waals surface area (Å²) in [5.41, 5.74) is 6.51. The molecule has 1 aromatic carbocycles. The number of oxime groups is 1. The van der Waals surface area contributed by atoms with Crippen LogP contribution in [0.15, 0.2) is 23.4 Å². The van der Waals surface area contributed by atoms with Crippen LogP contribution in [0.1, 0.15) is 37.3 Å². The van der Waals surface area contributed by atoms with Gasteiger partial charge in [-0.15, -0.1) is 0 Å². The summed E-state index contributed by atoms with van der Waals surface area (Å²) in [5.74, 6) is 0.449. The first-order chi connectivity index (χ1) is 9.63. The first-order valence-corrected chi connectivity index (χ1v) is 7.12. The average Bonchev–Trinajstić information content (AvgIpc) is 2.49. The minimum Gasteiger partial charge on any atom is -0.409 e. The number of rotatable bonds is 4. The molecule has 1 heterocycles. The van der Waals surface area contributed by atoms with Crippen LogP contribution in [-0.2, 0) is 6.54 Å². The maximum Gasteiger partial charge on any atom is 0.170 e. The lowest BCUT2D eigenvalue weighted by Gasteiger charge is -2.31. The molecule has 0 amide bonds. The molecular weight excluding hydrogens is 257 g/mol. The van der Waals surface area contributed by atoms with Crippen molar-refractivity contribution in [3.8, 4) is 0 Å².